The number of hydrogen-bond donors (Lipinski definition) is 0. The van der Waals surface area contributed by atoms with Gasteiger partial charge in [0.1, 0.15) is 5.82 Å². The fourth-order valence-corrected chi connectivity index (χ4v) is 7.65. The minimum atomic E-state index is -0.220. The van der Waals surface area contributed by atoms with E-state index >= 15 is 0 Å². The Hall–Kier alpha value is -5.64. The molecule has 0 spiro atoms. The van der Waals surface area contributed by atoms with Gasteiger partial charge < -0.3 is 19.1 Å². The zero-order valence-electron chi connectivity index (χ0n) is 31.5. The molecule has 276 valence electrons. The second-order valence-corrected chi connectivity index (χ2v) is 15.4. The fraction of sp³-hybridized carbons (Fsp3) is 0.143. The summed E-state index contributed by atoms with van der Waals surface area (Å²) >= 11 is 0. The standard InChI is InChI=1S/C49H41N4O.Pt/c1-48(2,3)35-28-29-50-47(30-35)53-42-22-11-9-20-39(42)40-27-26-38(32-46(40)53)54-37-19-15-18-36(31-37)51-33-52(45-25-14-13-24-44(45)51)43-23-12-10-21-41(43)49(4,5)34-16-7-6-8-17-34;/h6-30,33H,1-5H3;/q-3;. The molecule has 2 aromatic heterocycles. The molecule has 0 atom stereocenters. The van der Waals surface area contributed by atoms with Gasteiger partial charge in [0.25, 0.3) is 0 Å². The average Bonchev–Trinajstić information content (AvgIpc) is 3.74. The molecule has 8 aromatic rings. The molecule has 0 bridgehead atoms. The Balaban J connectivity index is 0.00000427. The number of ether oxygens (including phenoxy) is 1. The van der Waals surface area contributed by atoms with Crippen LogP contribution in [-0.4, -0.2) is 9.55 Å². The summed E-state index contributed by atoms with van der Waals surface area (Å²) in [5, 5.41) is 2.24. The maximum absolute atomic E-state index is 6.56. The van der Waals surface area contributed by atoms with Crippen molar-refractivity contribution in [3.05, 3.63) is 187 Å². The molecular weight excluding hydrogens is 856 g/mol. The summed E-state index contributed by atoms with van der Waals surface area (Å²) in [6.07, 6.45) is 1.90. The largest absolute Gasteiger partial charge is 0.509 e. The molecule has 0 amide bonds. The third-order valence-corrected chi connectivity index (χ3v) is 10.6. The average molecular weight is 897 g/mol. The van der Waals surface area contributed by atoms with Gasteiger partial charge >= 0.3 is 0 Å². The van der Waals surface area contributed by atoms with Crippen LogP contribution in [0.25, 0.3) is 27.6 Å². The Kier molecular flexibility index (Phi) is 9.39. The van der Waals surface area contributed by atoms with Crippen molar-refractivity contribution in [2.75, 3.05) is 9.80 Å². The Morgan fingerprint density at radius 3 is 2.04 bits per heavy atom. The molecule has 9 rings (SSSR count). The SMILES string of the molecule is CC(C)(C)c1ccnc(-n2c3[c-]c(Oc4[c-]c(N5[CH-]N(c6ccccc6C(C)(C)c6ccccc6)c6ccccc65)ccc4)ccc3c3ccccc32)c1.[Pt]. The van der Waals surface area contributed by atoms with Crippen molar-refractivity contribution in [3.63, 3.8) is 0 Å². The quantitative estimate of drug-likeness (QED) is 0.149. The first kappa shape index (κ1) is 36.3. The Bertz CT molecular complexity index is 2660. The number of fused-ring (bicyclic) bond motifs is 4. The molecule has 0 radical (unpaired) electrons. The molecule has 0 saturated heterocycles. The van der Waals surface area contributed by atoms with Gasteiger partial charge in [-0.1, -0.05) is 119 Å². The number of pyridine rings is 1. The molecule has 5 nitrogen and oxygen atoms in total. The smallest absolute Gasteiger partial charge is 0.135 e. The maximum Gasteiger partial charge on any atom is 0.135 e. The molecule has 0 fully saturated rings. The van der Waals surface area contributed by atoms with Crippen molar-refractivity contribution in [2.24, 2.45) is 0 Å². The predicted octanol–water partition coefficient (Wildman–Crippen LogP) is 12.6. The van der Waals surface area contributed by atoms with E-state index < -0.39 is 0 Å². The van der Waals surface area contributed by atoms with E-state index in [1.807, 2.05) is 24.4 Å². The molecule has 55 heavy (non-hydrogen) atoms. The predicted molar refractivity (Wildman–Crippen MR) is 221 cm³/mol. The second-order valence-electron chi connectivity index (χ2n) is 15.4. The minimum absolute atomic E-state index is 0. The molecule has 0 aliphatic carbocycles. The van der Waals surface area contributed by atoms with Gasteiger partial charge in [-0.05, 0) is 63.9 Å². The summed E-state index contributed by atoms with van der Waals surface area (Å²) in [6, 6.07) is 58.0. The van der Waals surface area contributed by atoms with Gasteiger partial charge in [0.15, 0.2) is 0 Å². The van der Waals surface area contributed by atoms with Gasteiger partial charge in [-0.15, -0.1) is 48.1 Å². The summed E-state index contributed by atoms with van der Waals surface area (Å²) in [6.45, 7) is 13.4. The molecule has 1 aliphatic rings. The maximum atomic E-state index is 6.56. The number of para-hydroxylation sites is 4. The first-order valence-corrected chi connectivity index (χ1v) is 18.5. The van der Waals surface area contributed by atoms with Crippen molar-refractivity contribution in [3.8, 4) is 17.3 Å². The van der Waals surface area contributed by atoms with Crippen molar-refractivity contribution >= 4 is 44.6 Å². The van der Waals surface area contributed by atoms with Crippen LogP contribution in [0.3, 0.4) is 0 Å². The monoisotopic (exact) mass is 896 g/mol. The van der Waals surface area contributed by atoms with Gasteiger partial charge in [-0.25, -0.2) is 4.98 Å². The van der Waals surface area contributed by atoms with E-state index in [4.69, 9.17) is 9.72 Å². The third kappa shape index (κ3) is 6.51. The van der Waals surface area contributed by atoms with E-state index in [2.05, 4.69) is 195 Å². The van der Waals surface area contributed by atoms with Crippen LogP contribution >= 0.6 is 0 Å². The van der Waals surface area contributed by atoms with E-state index in [9.17, 15) is 0 Å². The molecule has 0 saturated carbocycles. The van der Waals surface area contributed by atoms with Crippen molar-refractivity contribution in [1.82, 2.24) is 9.55 Å². The van der Waals surface area contributed by atoms with Crippen LogP contribution in [0.1, 0.15) is 51.3 Å². The first-order valence-electron chi connectivity index (χ1n) is 18.5. The van der Waals surface area contributed by atoms with E-state index in [1.165, 1.54) is 16.7 Å². The number of nitrogens with zero attached hydrogens (tertiary/aromatic N) is 4. The Morgan fingerprint density at radius 2 is 1.25 bits per heavy atom. The number of anilines is 4. The number of aromatic nitrogens is 2. The molecule has 0 unspecified atom stereocenters. The van der Waals surface area contributed by atoms with Gasteiger partial charge in [-0.3, -0.25) is 0 Å². The third-order valence-electron chi connectivity index (χ3n) is 10.6. The number of hydrogen-bond acceptors (Lipinski definition) is 4. The summed E-state index contributed by atoms with van der Waals surface area (Å²) in [4.78, 5) is 9.31. The topological polar surface area (TPSA) is 33.5 Å². The summed E-state index contributed by atoms with van der Waals surface area (Å²) < 4.78 is 8.75. The molecular formula is C49H41N4OPt-3. The van der Waals surface area contributed by atoms with E-state index in [-0.39, 0.29) is 31.9 Å². The zero-order valence-corrected chi connectivity index (χ0v) is 33.8. The van der Waals surface area contributed by atoms with E-state index in [0.717, 1.165) is 50.4 Å². The van der Waals surface area contributed by atoms with Crippen molar-refractivity contribution in [2.45, 2.75) is 45.4 Å². The summed E-state index contributed by atoms with van der Waals surface area (Å²) in [7, 11) is 0. The van der Waals surface area contributed by atoms with E-state index in [0.29, 0.717) is 11.5 Å². The minimum Gasteiger partial charge on any atom is -0.509 e. The molecule has 0 N–H and O–H groups in total. The van der Waals surface area contributed by atoms with Gasteiger partial charge in [0, 0.05) is 66.8 Å². The van der Waals surface area contributed by atoms with Crippen LogP contribution < -0.4 is 14.5 Å². The van der Waals surface area contributed by atoms with Crippen molar-refractivity contribution < 1.29 is 25.8 Å². The zero-order chi connectivity index (χ0) is 37.0. The number of rotatable bonds is 7. The normalized spacial score (nSPS) is 12.9. The molecule has 6 aromatic carbocycles. The van der Waals surface area contributed by atoms with E-state index in [1.54, 1.807) is 0 Å². The van der Waals surface area contributed by atoms with Crippen LogP contribution in [0.2, 0.25) is 0 Å². The van der Waals surface area contributed by atoms with Crippen LogP contribution in [0.5, 0.6) is 11.5 Å². The van der Waals surface area contributed by atoms with Crippen LogP contribution in [-0.2, 0) is 31.9 Å². The first-order chi connectivity index (χ1) is 26.2. The Morgan fingerprint density at radius 1 is 0.582 bits per heavy atom. The van der Waals surface area contributed by atoms with Crippen LogP contribution in [0.15, 0.2) is 152 Å². The number of benzene rings is 6. The van der Waals surface area contributed by atoms with Gasteiger partial charge in [0.2, 0.25) is 0 Å². The Labute approximate surface area is 338 Å². The second kappa shape index (κ2) is 14.2. The van der Waals surface area contributed by atoms with Gasteiger partial charge in [-0.2, -0.15) is 12.1 Å². The molecule has 3 heterocycles. The fourth-order valence-electron chi connectivity index (χ4n) is 7.65. The summed E-state index contributed by atoms with van der Waals surface area (Å²) in [5.74, 6) is 2.07. The molecule has 1 aliphatic heterocycles. The van der Waals surface area contributed by atoms with Crippen LogP contribution in [0, 0.1) is 18.8 Å². The van der Waals surface area contributed by atoms with Crippen LogP contribution in [0.4, 0.5) is 22.7 Å². The summed E-state index contributed by atoms with van der Waals surface area (Å²) in [5.41, 5.74) is 9.68. The molecule has 6 heteroatoms. The van der Waals surface area contributed by atoms with Crippen molar-refractivity contribution in [1.29, 1.82) is 0 Å². The van der Waals surface area contributed by atoms with Gasteiger partial charge in [0.05, 0.1) is 0 Å².